The maximum absolute atomic E-state index is 5.01. The Morgan fingerprint density at radius 1 is 0.857 bits per heavy atom. The summed E-state index contributed by atoms with van der Waals surface area (Å²) in [5, 5.41) is 0. The van der Waals surface area contributed by atoms with Gasteiger partial charge in [0.1, 0.15) is 0 Å². The third kappa shape index (κ3) is 11.1. The molecule has 0 aliphatic rings. The van der Waals surface area contributed by atoms with Gasteiger partial charge < -0.3 is 0 Å². The van der Waals surface area contributed by atoms with Crippen LogP contribution in [0.25, 0.3) is 0 Å². The third-order valence-corrected chi connectivity index (χ3v) is 2.32. The Hall–Kier alpha value is -0.880. The third-order valence-electron chi connectivity index (χ3n) is 2.32. The van der Waals surface area contributed by atoms with E-state index in [4.69, 9.17) is 6.42 Å². The molecule has 0 aliphatic heterocycles. The summed E-state index contributed by atoms with van der Waals surface area (Å²) in [7, 11) is 0. The molecule has 0 bridgehead atoms. The maximum atomic E-state index is 5.01. The normalized spacial score (nSPS) is 8.86. The van der Waals surface area contributed by atoms with E-state index in [0.717, 1.165) is 6.42 Å². The molecular weight excluding hydrogens is 168 g/mol. The van der Waals surface area contributed by atoms with Crippen molar-refractivity contribution in [1.82, 2.24) is 0 Å². The van der Waals surface area contributed by atoms with Crippen molar-refractivity contribution in [3.63, 3.8) is 0 Å². The van der Waals surface area contributed by atoms with Crippen LogP contribution in [-0.4, -0.2) is 0 Å². The summed E-state index contributed by atoms with van der Waals surface area (Å²) >= 11 is 0. The summed E-state index contributed by atoms with van der Waals surface area (Å²) < 4.78 is 0. The van der Waals surface area contributed by atoms with Crippen LogP contribution < -0.4 is 0 Å². The standard InChI is InChI=1S/C14H22/c1-3-5-7-9-11-13-14-12-10-8-6-4-2/h1H,4,6,8-14H2,2H3. The van der Waals surface area contributed by atoms with Crippen LogP contribution in [0.2, 0.25) is 0 Å². The zero-order chi connectivity index (χ0) is 10.5. The second kappa shape index (κ2) is 12.1. The SMILES string of the molecule is C#CC#CCCCCCCCCCC. The number of unbranched alkanes of at least 4 members (excludes halogenated alkanes) is 8. The molecule has 78 valence electrons. The van der Waals surface area contributed by atoms with Gasteiger partial charge in [0, 0.05) is 6.42 Å². The van der Waals surface area contributed by atoms with E-state index in [9.17, 15) is 0 Å². The average Bonchev–Trinajstić information content (AvgIpc) is 2.21. The molecule has 0 atom stereocenters. The molecule has 0 unspecified atom stereocenters. The van der Waals surface area contributed by atoms with Crippen molar-refractivity contribution in [2.24, 2.45) is 0 Å². The number of terminal acetylenes is 1. The largest absolute Gasteiger partial charge is 0.106 e. The topological polar surface area (TPSA) is 0 Å². The van der Waals surface area contributed by atoms with E-state index in [1.54, 1.807) is 0 Å². The van der Waals surface area contributed by atoms with Crippen molar-refractivity contribution >= 4 is 0 Å². The molecular formula is C14H22. The molecule has 0 N–H and O–H groups in total. The molecule has 0 heterocycles. The molecule has 0 aromatic carbocycles. The van der Waals surface area contributed by atoms with E-state index in [1.165, 1.54) is 51.4 Å². The van der Waals surface area contributed by atoms with Crippen molar-refractivity contribution < 1.29 is 0 Å². The van der Waals surface area contributed by atoms with Gasteiger partial charge in [0.05, 0.1) is 0 Å². The molecule has 0 rings (SSSR count). The minimum absolute atomic E-state index is 0.971. The highest BCUT2D eigenvalue weighted by atomic mass is 14.0. The van der Waals surface area contributed by atoms with E-state index in [2.05, 4.69) is 24.7 Å². The highest BCUT2D eigenvalue weighted by Crippen LogP contribution is 2.08. The Bertz CT molecular complexity index is 196. The van der Waals surface area contributed by atoms with Crippen LogP contribution in [0, 0.1) is 24.2 Å². The van der Waals surface area contributed by atoms with Gasteiger partial charge in [-0.1, -0.05) is 57.8 Å². The van der Waals surface area contributed by atoms with E-state index >= 15 is 0 Å². The summed E-state index contributed by atoms with van der Waals surface area (Å²) in [6, 6.07) is 0. The second-order valence-electron chi connectivity index (χ2n) is 3.67. The summed E-state index contributed by atoms with van der Waals surface area (Å²) in [6.45, 7) is 2.25. The van der Waals surface area contributed by atoms with Crippen LogP contribution >= 0.6 is 0 Å². The van der Waals surface area contributed by atoms with Gasteiger partial charge >= 0.3 is 0 Å². The monoisotopic (exact) mass is 190 g/mol. The minimum atomic E-state index is 0.971. The Morgan fingerprint density at radius 3 is 2.00 bits per heavy atom. The van der Waals surface area contributed by atoms with Crippen molar-refractivity contribution in [2.45, 2.75) is 64.7 Å². The lowest BCUT2D eigenvalue weighted by atomic mass is 10.1. The van der Waals surface area contributed by atoms with E-state index < -0.39 is 0 Å². The predicted molar refractivity (Wildman–Crippen MR) is 63.8 cm³/mol. The molecule has 0 radical (unpaired) electrons. The molecule has 0 amide bonds. The van der Waals surface area contributed by atoms with Gasteiger partial charge in [-0.05, 0) is 18.3 Å². The molecule has 0 heteroatoms. The van der Waals surface area contributed by atoms with Crippen molar-refractivity contribution in [2.75, 3.05) is 0 Å². The number of hydrogen-bond acceptors (Lipinski definition) is 0. The Morgan fingerprint density at radius 2 is 1.43 bits per heavy atom. The lowest BCUT2D eigenvalue weighted by Gasteiger charge is -1.98. The fraction of sp³-hybridized carbons (Fsp3) is 0.714. The van der Waals surface area contributed by atoms with Gasteiger partial charge in [-0.3, -0.25) is 0 Å². The lowest BCUT2D eigenvalue weighted by molar-refractivity contribution is 0.579. The Kier molecular flexibility index (Phi) is 11.4. The van der Waals surface area contributed by atoms with Crippen LogP contribution in [0.4, 0.5) is 0 Å². The minimum Gasteiger partial charge on any atom is -0.106 e. The van der Waals surface area contributed by atoms with Gasteiger partial charge in [-0.2, -0.15) is 0 Å². The van der Waals surface area contributed by atoms with Gasteiger partial charge in [0.2, 0.25) is 0 Å². The first-order valence-corrected chi connectivity index (χ1v) is 5.85. The van der Waals surface area contributed by atoms with Gasteiger partial charge in [0.15, 0.2) is 0 Å². The maximum Gasteiger partial charge on any atom is 0.00989 e. The fourth-order valence-electron chi connectivity index (χ4n) is 1.46. The fourth-order valence-corrected chi connectivity index (χ4v) is 1.46. The van der Waals surface area contributed by atoms with Gasteiger partial charge in [0.25, 0.3) is 0 Å². The summed E-state index contributed by atoms with van der Waals surface area (Å²) in [4.78, 5) is 0. The Labute approximate surface area is 89.5 Å². The molecule has 0 aliphatic carbocycles. The molecule has 0 aromatic rings. The first kappa shape index (κ1) is 13.1. The predicted octanol–water partition coefficient (Wildman–Crippen LogP) is 4.15. The van der Waals surface area contributed by atoms with Gasteiger partial charge in [-0.15, -0.1) is 6.42 Å². The van der Waals surface area contributed by atoms with Crippen LogP contribution in [-0.2, 0) is 0 Å². The number of rotatable bonds is 8. The van der Waals surface area contributed by atoms with Crippen LogP contribution in [0.3, 0.4) is 0 Å². The summed E-state index contributed by atoms with van der Waals surface area (Å²) in [6.07, 6.45) is 16.8. The Balaban J connectivity index is 2.96. The first-order chi connectivity index (χ1) is 6.91. The zero-order valence-electron chi connectivity index (χ0n) is 9.44. The average molecular weight is 190 g/mol. The molecule has 0 spiro atoms. The molecule has 0 fully saturated rings. The quantitative estimate of drug-likeness (QED) is 0.398. The van der Waals surface area contributed by atoms with Crippen LogP contribution in [0.1, 0.15) is 64.7 Å². The first-order valence-electron chi connectivity index (χ1n) is 5.85. The second-order valence-corrected chi connectivity index (χ2v) is 3.67. The lowest BCUT2D eigenvalue weighted by Crippen LogP contribution is -1.79. The molecule has 0 aromatic heterocycles. The smallest absolute Gasteiger partial charge is 0.00989 e. The summed E-state index contributed by atoms with van der Waals surface area (Å²) in [5.41, 5.74) is 0. The molecule has 0 saturated heterocycles. The van der Waals surface area contributed by atoms with E-state index in [0.29, 0.717) is 0 Å². The van der Waals surface area contributed by atoms with Crippen LogP contribution in [0.15, 0.2) is 0 Å². The molecule has 0 nitrogen and oxygen atoms in total. The highest BCUT2D eigenvalue weighted by Gasteiger charge is 1.89. The number of hydrogen-bond donors (Lipinski definition) is 0. The van der Waals surface area contributed by atoms with Crippen molar-refractivity contribution in [3.05, 3.63) is 0 Å². The zero-order valence-corrected chi connectivity index (χ0v) is 9.44. The van der Waals surface area contributed by atoms with Crippen molar-refractivity contribution in [3.8, 4) is 24.2 Å². The van der Waals surface area contributed by atoms with E-state index in [-0.39, 0.29) is 0 Å². The van der Waals surface area contributed by atoms with Gasteiger partial charge in [-0.25, -0.2) is 0 Å². The molecule has 0 saturated carbocycles. The summed E-state index contributed by atoms with van der Waals surface area (Å²) in [5.74, 6) is 7.94. The highest BCUT2D eigenvalue weighted by molar-refractivity contribution is 5.21. The van der Waals surface area contributed by atoms with Crippen LogP contribution in [0.5, 0.6) is 0 Å². The van der Waals surface area contributed by atoms with Crippen molar-refractivity contribution in [1.29, 1.82) is 0 Å². The van der Waals surface area contributed by atoms with E-state index in [1.807, 2.05) is 0 Å². The molecule has 14 heavy (non-hydrogen) atoms.